The van der Waals surface area contributed by atoms with Gasteiger partial charge in [-0.25, -0.2) is 9.97 Å². The Morgan fingerprint density at radius 2 is 1.94 bits per heavy atom. The van der Waals surface area contributed by atoms with Crippen molar-refractivity contribution < 1.29 is 0 Å². The second kappa shape index (κ2) is 6.80. The molecule has 0 aliphatic heterocycles. The van der Waals surface area contributed by atoms with Gasteiger partial charge in [0.25, 0.3) is 0 Å². The molecule has 0 aliphatic rings. The summed E-state index contributed by atoms with van der Waals surface area (Å²) in [6.45, 7) is 8.09. The van der Waals surface area contributed by atoms with Gasteiger partial charge in [-0.15, -0.1) is 0 Å². The lowest BCUT2D eigenvalue weighted by atomic mass is 9.90. The van der Waals surface area contributed by atoms with Crippen LogP contribution in [0.5, 0.6) is 0 Å². The molecule has 98 valence electrons. The first-order valence-corrected chi connectivity index (χ1v) is 6.24. The van der Waals surface area contributed by atoms with E-state index in [2.05, 4.69) is 47.4 Å². The average molecular weight is 247 g/mol. The van der Waals surface area contributed by atoms with Crippen molar-refractivity contribution >= 4 is 11.6 Å². The van der Waals surface area contributed by atoms with Crippen molar-refractivity contribution in [3.8, 4) is 6.07 Å². The first kappa shape index (κ1) is 14.2. The SMILES string of the molecule is CCC(C)(C)CNc1cc(NCCC#N)ncn1. The number of rotatable bonds is 7. The van der Waals surface area contributed by atoms with Crippen molar-refractivity contribution in [2.75, 3.05) is 23.7 Å². The van der Waals surface area contributed by atoms with Gasteiger partial charge in [-0.05, 0) is 11.8 Å². The van der Waals surface area contributed by atoms with Crippen LogP contribution in [0.4, 0.5) is 11.6 Å². The van der Waals surface area contributed by atoms with Crippen LogP contribution in [0, 0.1) is 16.7 Å². The highest BCUT2D eigenvalue weighted by molar-refractivity contribution is 5.46. The van der Waals surface area contributed by atoms with Gasteiger partial charge >= 0.3 is 0 Å². The minimum absolute atomic E-state index is 0.249. The molecule has 0 amide bonds. The van der Waals surface area contributed by atoms with Crippen LogP contribution >= 0.6 is 0 Å². The summed E-state index contributed by atoms with van der Waals surface area (Å²) in [5.41, 5.74) is 0.249. The standard InChI is InChI=1S/C13H21N5/c1-4-13(2,3)9-16-12-8-11(17-10-18-12)15-7-5-6-14/h8,10H,4-5,7,9H2,1-3H3,(H2,15,16,17,18). The zero-order valence-electron chi connectivity index (χ0n) is 11.3. The Kier molecular flexibility index (Phi) is 5.37. The highest BCUT2D eigenvalue weighted by Gasteiger charge is 2.14. The van der Waals surface area contributed by atoms with E-state index in [0.717, 1.165) is 24.6 Å². The summed E-state index contributed by atoms with van der Waals surface area (Å²) in [6, 6.07) is 3.95. The quantitative estimate of drug-likeness (QED) is 0.725. The summed E-state index contributed by atoms with van der Waals surface area (Å²) in [4.78, 5) is 8.28. The van der Waals surface area contributed by atoms with Crippen LogP contribution in [0.25, 0.3) is 0 Å². The predicted molar refractivity (Wildman–Crippen MR) is 73.3 cm³/mol. The van der Waals surface area contributed by atoms with Crippen LogP contribution in [0.1, 0.15) is 33.6 Å². The van der Waals surface area contributed by atoms with Gasteiger partial charge in [-0.2, -0.15) is 5.26 Å². The van der Waals surface area contributed by atoms with E-state index in [9.17, 15) is 0 Å². The van der Waals surface area contributed by atoms with Crippen molar-refractivity contribution in [1.82, 2.24) is 9.97 Å². The van der Waals surface area contributed by atoms with Crippen LogP contribution in [0.15, 0.2) is 12.4 Å². The van der Waals surface area contributed by atoms with Crippen molar-refractivity contribution in [2.24, 2.45) is 5.41 Å². The molecule has 0 aromatic carbocycles. The van der Waals surface area contributed by atoms with E-state index in [4.69, 9.17) is 5.26 Å². The smallest absolute Gasteiger partial charge is 0.131 e. The van der Waals surface area contributed by atoms with Crippen LogP contribution in [-0.2, 0) is 0 Å². The summed E-state index contributed by atoms with van der Waals surface area (Å²) >= 11 is 0. The molecule has 0 bridgehead atoms. The third-order valence-electron chi connectivity index (χ3n) is 2.92. The highest BCUT2D eigenvalue weighted by Crippen LogP contribution is 2.20. The molecule has 1 heterocycles. The van der Waals surface area contributed by atoms with Gasteiger partial charge in [-0.3, -0.25) is 0 Å². The fourth-order valence-electron chi connectivity index (χ4n) is 1.25. The first-order chi connectivity index (χ1) is 8.57. The lowest BCUT2D eigenvalue weighted by Gasteiger charge is -2.23. The van der Waals surface area contributed by atoms with E-state index in [-0.39, 0.29) is 5.41 Å². The van der Waals surface area contributed by atoms with E-state index in [1.165, 1.54) is 6.33 Å². The van der Waals surface area contributed by atoms with Crippen molar-refractivity contribution in [1.29, 1.82) is 5.26 Å². The Morgan fingerprint density at radius 3 is 2.56 bits per heavy atom. The second-order valence-electron chi connectivity index (χ2n) is 4.99. The number of anilines is 2. The topological polar surface area (TPSA) is 73.6 Å². The van der Waals surface area contributed by atoms with E-state index in [1.807, 2.05) is 6.07 Å². The molecule has 5 nitrogen and oxygen atoms in total. The van der Waals surface area contributed by atoms with Gasteiger partial charge in [0.05, 0.1) is 12.5 Å². The Bertz CT molecular complexity index is 408. The third kappa shape index (κ3) is 5.00. The van der Waals surface area contributed by atoms with Crippen LogP contribution in [0.3, 0.4) is 0 Å². The summed E-state index contributed by atoms with van der Waals surface area (Å²) < 4.78 is 0. The van der Waals surface area contributed by atoms with Crippen molar-refractivity contribution in [3.05, 3.63) is 12.4 Å². The fraction of sp³-hybridized carbons (Fsp3) is 0.615. The first-order valence-electron chi connectivity index (χ1n) is 6.24. The van der Waals surface area contributed by atoms with Gasteiger partial charge < -0.3 is 10.6 Å². The molecule has 0 spiro atoms. The molecule has 0 radical (unpaired) electrons. The van der Waals surface area contributed by atoms with E-state index >= 15 is 0 Å². The zero-order chi connectivity index (χ0) is 13.4. The van der Waals surface area contributed by atoms with Crippen molar-refractivity contribution in [2.45, 2.75) is 33.6 Å². The summed E-state index contributed by atoms with van der Waals surface area (Å²) in [5.74, 6) is 1.56. The number of hydrogen-bond acceptors (Lipinski definition) is 5. The molecule has 1 aromatic heterocycles. The van der Waals surface area contributed by atoms with E-state index in [1.54, 1.807) is 0 Å². The zero-order valence-corrected chi connectivity index (χ0v) is 11.3. The summed E-state index contributed by atoms with van der Waals surface area (Å²) in [7, 11) is 0. The number of nitriles is 1. The molecule has 5 heteroatoms. The number of nitrogens with one attached hydrogen (secondary N) is 2. The predicted octanol–water partition coefficient (Wildman–Crippen LogP) is 2.65. The molecular weight excluding hydrogens is 226 g/mol. The van der Waals surface area contributed by atoms with Gasteiger partial charge in [0.2, 0.25) is 0 Å². The number of aromatic nitrogens is 2. The van der Waals surface area contributed by atoms with Crippen molar-refractivity contribution in [3.63, 3.8) is 0 Å². The molecule has 1 aromatic rings. The highest BCUT2D eigenvalue weighted by atomic mass is 15.1. The number of nitrogens with zero attached hydrogens (tertiary/aromatic N) is 3. The molecule has 0 saturated carbocycles. The molecule has 0 unspecified atom stereocenters. The third-order valence-corrected chi connectivity index (χ3v) is 2.92. The molecule has 18 heavy (non-hydrogen) atoms. The van der Waals surface area contributed by atoms with Crippen LogP contribution in [0.2, 0.25) is 0 Å². The number of hydrogen-bond donors (Lipinski definition) is 2. The molecule has 0 saturated heterocycles. The molecule has 1 rings (SSSR count). The maximum atomic E-state index is 8.46. The molecule has 0 atom stereocenters. The van der Waals surface area contributed by atoms with Crippen LogP contribution < -0.4 is 10.6 Å². The van der Waals surface area contributed by atoms with Gasteiger partial charge in [0.1, 0.15) is 18.0 Å². The minimum atomic E-state index is 0.249. The summed E-state index contributed by atoms with van der Waals surface area (Å²) in [6.07, 6.45) is 3.10. The van der Waals surface area contributed by atoms with E-state index in [0.29, 0.717) is 13.0 Å². The monoisotopic (exact) mass is 247 g/mol. The molecule has 2 N–H and O–H groups in total. The molecule has 0 fully saturated rings. The Morgan fingerprint density at radius 1 is 1.28 bits per heavy atom. The minimum Gasteiger partial charge on any atom is -0.369 e. The lowest BCUT2D eigenvalue weighted by Crippen LogP contribution is -2.22. The fourth-order valence-corrected chi connectivity index (χ4v) is 1.25. The van der Waals surface area contributed by atoms with Crippen LogP contribution in [-0.4, -0.2) is 23.1 Å². The maximum Gasteiger partial charge on any atom is 0.131 e. The Labute approximate surface area is 109 Å². The van der Waals surface area contributed by atoms with Gasteiger partial charge in [-0.1, -0.05) is 20.8 Å². The lowest BCUT2D eigenvalue weighted by molar-refractivity contribution is 0.376. The Hall–Kier alpha value is -1.83. The van der Waals surface area contributed by atoms with Gasteiger partial charge in [0, 0.05) is 19.2 Å². The Balaban J connectivity index is 2.52. The largest absolute Gasteiger partial charge is 0.369 e. The maximum absolute atomic E-state index is 8.46. The second-order valence-corrected chi connectivity index (χ2v) is 4.99. The van der Waals surface area contributed by atoms with Gasteiger partial charge in [0.15, 0.2) is 0 Å². The normalized spacial score (nSPS) is 10.8. The average Bonchev–Trinajstić information content (AvgIpc) is 2.38. The molecule has 0 aliphatic carbocycles. The van der Waals surface area contributed by atoms with E-state index < -0.39 is 0 Å². The molecular formula is C13H21N5. The summed E-state index contributed by atoms with van der Waals surface area (Å²) in [5, 5.41) is 14.9.